The molecule has 0 aromatic heterocycles. The summed E-state index contributed by atoms with van der Waals surface area (Å²) in [5.74, 6) is 1.11. The van der Waals surface area contributed by atoms with Crippen LogP contribution in [0.4, 0.5) is 0 Å². The number of rotatable bonds is 7. The fourth-order valence-electron chi connectivity index (χ4n) is 1.73. The Labute approximate surface area is 110 Å². The standard InChI is InChI=1S/C14H24N2S/c1-12(2)16(3)13(9-10-15)11-17-14-7-5-4-6-8-14/h4-8,12-13H,9-11,15H2,1-3H3. The van der Waals surface area contributed by atoms with E-state index in [2.05, 4.69) is 56.1 Å². The molecule has 1 rings (SSSR count). The lowest BCUT2D eigenvalue weighted by atomic mass is 10.2. The van der Waals surface area contributed by atoms with Gasteiger partial charge in [-0.05, 0) is 46.0 Å². The molecule has 96 valence electrons. The van der Waals surface area contributed by atoms with E-state index in [1.807, 2.05) is 11.8 Å². The van der Waals surface area contributed by atoms with E-state index >= 15 is 0 Å². The van der Waals surface area contributed by atoms with Crippen LogP contribution >= 0.6 is 11.8 Å². The molecule has 0 aliphatic carbocycles. The van der Waals surface area contributed by atoms with Crippen molar-refractivity contribution in [2.75, 3.05) is 19.3 Å². The number of thioether (sulfide) groups is 1. The molecule has 0 bridgehead atoms. The summed E-state index contributed by atoms with van der Waals surface area (Å²) in [5, 5.41) is 0. The first kappa shape index (κ1) is 14.6. The largest absolute Gasteiger partial charge is 0.330 e. The molecule has 0 amide bonds. The minimum Gasteiger partial charge on any atom is -0.330 e. The van der Waals surface area contributed by atoms with E-state index in [0.29, 0.717) is 12.1 Å². The highest BCUT2D eigenvalue weighted by molar-refractivity contribution is 7.99. The summed E-state index contributed by atoms with van der Waals surface area (Å²) in [4.78, 5) is 3.76. The Kier molecular flexibility index (Phi) is 6.63. The van der Waals surface area contributed by atoms with Gasteiger partial charge in [0.1, 0.15) is 0 Å². The van der Waals surface area contributed by atoms with Crippen molar-refractivity contribution in [3.05, 3.63) is 30.3 Å². The number of hydrogen-bond acceptors (Lipinski definition) is 3. The number of nitrogens with zero attached hydrogens (tertiary/aromatic N) is 1. The van der Waals surface area contributed by atoms with Crippen molar-refractivity contribution in [3.8, 4) is 0 Å². The number of nitrogens with two attached hydrogens (primary N) is 1. The van der Waals surface area contributed by atoms with E-state index in [4.69, 9.17) is 5.73 Å². The molecule has 0 spiro atoms. The Hall–Kier alpha value is -0.510. The third kappa shape index (κ3) is 5.11. The van der Waals surface area contributed by atoms with Crippen LogP contribution in [0, 0.1) is 0 Å². The molecule has 3 heteroatoms. The highest BCUT2D eigenvalue weighted by Crippen LogP contribution is 2.21. The van der Waals surface area contributed by atoms with Crippen molar-refractivity contribution >= 4 is 11.8 Å². The van der Waals surface area contributed by atoms with Gasteiger partial charge in [-0.1, -0.05) is 18.2 Å². The molecule has 1 atom stereocenters. The Morgan fingerprint density at radius 1 is 1.24 bits per heavy atom. The molecular weight excluding hydrogens is 228 g/mol. The van der Waals surface area contributed by atoms with Gasteiger partial charge >= 0.3 is 0 Å². The Morgan fingerprint density at radius 3 is 2.41 bits per heavy atom. The maximum absolute atomic E-state index is 5.70. The minimum atomic E-state index is 0.560. The van der Waals surface area contributed by atoms with Crippen LogP contribution in [0.5, 0.6) is 0 Å². The molecule has 0 fully saturated rings. The van der Waals surface area contributed by atoms with E-state index in [9.17, 15) is 0 Å². The van der Waals surface area contributed by atoms with Crippen molar-refractivity contribution in [1.82, 2.24) is 4.90 Å². The van der Waals surface area contributed by atoms with Gasteiger partial charge < -0.3 is 10.6 Å². The summed E-state index contributed by atoms with van der Waals surface area (Å²) >= 11 is 1.92. The van der Waals surface area contributed by atoms with E-state index in [-0.39, 0.29) is 0 Å². The molecule has 0 radical (unpaired) electrons. The van der Waals surface area contributed by atoms with Crippen LogP contribution in [-0.2, 0) is 0 Å². The molecule has 2 N–H and O–H groups in total. The van der Waals surface area contributed by atoms with E-state index in [1.165, 1.54) is 4.90 Å². The minimum absolute atomic E-state index is 0.560. The molecule has 1 unspecified atom stereocenters. The SMILES string of the molecule is CC(C)N(C)C(CCN)CSc1ccccc1. The van der Waals surface area contributed by atoms with Crippen molar-refractivity contribution in [2.24, 2.45) is 5.73 Å². The molecule has 1 aromatic rings. The second-order valence-electron chi connectivity index (χ2n) is 4.61. The van der Waals surface area contributed by atoms with Crippen LogP contribution in [0.25, 0.3) is 0 Å². The lowest BCUT2D eigenvalue weighted by Gasteiger charge is -2.31. The van der Waals surface area contributed by atoms with Crippen LogP contribution in [0.3, 0.4) is 0 Å². The van der Waals surface area contributed by atoms with Crippen LogP contribution < -0.4 is 5.73 Å². The van der Waals surface area contributed by atoms with Gasteiger partial charge in [0.2, 0.25) is 0 Å². The Morgan fingerprint density at radius 2 is 1.88 bits per heavy atom. The van der Waals surface area contributed by atoms with Gasteiger partial charge in [-0.3, -0.25) is 0 Å². The van der Waals surface area contributed by atoms with Crippen LogP contribution in [0.1, 0.15) is 20.3 Å². The second-order valence-corrected chi connectivity index (χ2v) is 5.71. The topological polar surface area (TPSA) is 29.3 Å². The van der Waals surface area contributed by atoms with E-state index < -0.39 is 0 Å². The molecule has 2 nitrogen and oxygen atoms in total. The van der Waals surface area contributed by atoms with Crippen LogP contribution in [0.15, 0.2) is 35.2 Å². The maximum Gasteiger partial charge on any atom is 0.0201 e. The third-order valence-electron chi connectivity index (χ3n) is 3.08. The summed E-state index contributed by atoms with van der Waals surface area (Å²) in [5.41, 5.74) is 5.70. The average Bonchev–Trinajstić information content (AvgIpc) is 2.34. The highest BCUT2D eigenvalue weighted by atomic mass is 32.2. The lowest BCUT2D eigenvalue weighted by Crippen LogP contribution is -2.40. The zero-order chi connectivity index (χ0) is 12.7. The first-order valence-electron chi connectivity index (χ1n) is 6.25. The molecule has 0 aliphatic heterocycles. The van der Waals surface area contributed by atoms with Crippen molar-refractivity contribution in [3.63, 3.8) is 0 Å². The summed E-state index contributed by atoms with van der Waals surface area (Å²) in [7, 11) is 2.19. The molecule has 0 heterocycles. The van der Waals surface area contributed by atoms with Crippen molar-refractivity contribution < 1.29 is 0 Å². The fraction of sp³-hybridized carbons (Fsp3) is 0.571. The number of benzene rings is 1. The summed E-state index contributed by atoms with van der Waals surface area (Å²) < 4.78 is 0. The third-order valence-corrected chi connectivity index (χ3v) is 4.23. The maximum atomic E-state index is 5.70. The first-order chi connectivity index (χ1) is 8.15. The molecular formula is C14H24N2S. The molecule has 0 saturated carbocycles. The molecule has 0 saturated heterocycles. The molecule has 0 aliphatic rings. The van der Waals surface area contributed by atoms with Gasteiger partial charge in [0.05, 0.1) is 0 Å². The van der Waals surface area contributed by atoms with Gasteiger partial charge in [-0.15, -0.1) is 11.8 Å². The Bertz CT molecular complexity index is 300. The smallest absolute Gasteiger partial charge is 0.0201 e. The molecule has 17 heavy (non-hydrogen) atoms. The van der Waals surface area contributed by atoms with E-state index in [1.54, 1.807) is 0 Å². The zero-order valence-corrected chi connectivity index (χ0v) is 11.9. The van der Waals surface area contributed by atoms with Crippen LogP contribution in [-0.4, -0.2) is 36.3 Å². The predicted octanol–water partition coefficient (Wildman–Crippen LogP) is 2.84. The van der Waals surface area contributed by atoms with Gasteiger partial charge in [0, 0.05) is 22.7 Å². The fourth-order valence-corrected chi connectivity index (χ4v) is 2.86. The number of hydrogen-bond donors (Lipinski definition) is 1. The van der Waals surface area contributed by atoms with Gasteiger partial charge in [-0.2, -0.15) is 0 Å². The zero-order valence-electron chi connectivity index (χ0n) is 11.1. The van der Waals surface area contributed by atoms with E-state index in [0.717, 1.165) is 18.7 Å². The summed E-state index contributed by atoms with van der Waals surface area (Å²) in [6.07, 6.45) is 1.06. The molecule has 1 aromatic carbocycles. The van der Waals surface area contributed by atoms with Gasteiger partial charge in [0.25, 0.3) is 0 Å². The normalized spacial score (nSPS) is 13.3. The van der Waals surface area contributed by atoms with Gasteiger partial charge in [0.15, 0.2) is 0 Å². The van der Waals surface area contributed by atoms with Gasteiger partial charge in [-0.25, -0.2) is 0 Å². The second kappa shape index (κ2) is 7.75. The van der Waals surface area contributed by atoms with Crippen LogP contribution in [0.2, 0.25) is 0 Å². The monoisotopic (exact) mass is 252 g/mol. The quantitative estimate of drug-likeness (QED) is 0.757. The van der Waals surface area contributed by atoms with Crippen molar-refractivity contribution in [1.29, 1.82) is 0 Å². The first-order valence-corrected chi connectivity index (χ1v) is 7.23. The highest BCUT2D eigenvalue weighted by Gasteiger charge is 2.16. The summed E-state index contributed by atoms with van der Waals surface area (Å²) in [6.45, 7) is 5.23. The summed E-state index contributed by atoms with van der Waals surface area (Å²) in [6, 6.07) is 11.7. The lowest BCUT2D eigenvalue weighted by molar-refractivity contribution is 0.204. The Balaban J connectivity index is 2.50. The average molecular weight is 252 g/mol. The van der Waals surface area contributed by atoms with Crippen molar-refractivity contribution in [2.45, 2.75) is 37.2 Å². The predicted molar refractivity (Wildman–Crippen MR) is 77.5 cm³/mol.